The molecule has 0 aliphatic heterocycles. The molecule has 0 aromatic heterocycles. The number of Topliss-reactive ketones (excluding diaryl/α,β-unsaturated/α-hetero) is 1. The fourth-order valence-corrected chi connectivity index (χ4v) is 2.34. The van der Waals surface area contributed by atoms with E-state index in [9.17, 15) is 4.79 Å². The lowest BCUT2D eigenvalue weighted by Gasteiger charge is -2.12. The number of ketones is 1. The highest BCUT2D eigenvalue weighted by Gasteiger charge is 2.10. The zero-order valence-corrected chi connectivity index (χ0v) is 13.4. The molecule has 0 aromatic rings. The predicted octanol–water partition coefficient (Wildman–Crippen LogP) is 5.29. The number of hydrogen-bond acceptors (Lipinski definition) is 2. The predicted molar refractivity (Wildman–Crippen MR) is 82.6 cm³/mol. The Kier molecular flexibility index (Phi) is 13.8. The van der Waals surface area contributed by atoms with Crippen molar-refractivity contribution in [2.75, 3.05) is 6.61 Å². The van der Waals surface area contributed by atoms with Crippen LogP contribution >= 0.6 is 0 Å². The number of ether oxygens (including phenoxy) is 1. The second-order valence-electron chi connectivity index (χ2n) is 5.56. The zero-order chi connectivity index (χ0) is 14.3. The van der Waals surface area contributed by atoms with Crippen molar-refractivity contribution >= 4 is 5.78 Å². The zero-order valence-electron chi connectivity index (χ0n) is 13.4. The molecule has 114 valence electrons. The Balaban J connectivity index is 3.16. The first-order valence-electron chi connectivity index (χ1n) is 8.34. The average molecular weight is 270 g/mol. The molecule has 0 aromatic carbocycles. The lowest BCUT2D eigenvalue weighted by atomic mass is 10.1. The summed E-state index contributed by atoms with van der Waals surface area (Å²) >= 11 is 0. The van der Waals surface area contributed by atoms with E-state index in [1.807, 2.05) is 6.92 Å². The maximum Gasteiger partial charge on any atom is 0.158 e. The number of unbranched alkanes of at least 4 members (excludes halogenated alkanes) is 9. The third kappa shape index (κ3) is 12.4. The summed E-state index contributed by atoms with van der Waals surface area (Å²) in [6, 6.07) is 0. The van der Waals surface area contributed by atoms with E-state index < -0.39 is 0 Å². The molecule has 1 unspecified atom stereocenters. The third-order valence-corrected chi connectivity index (χ3v) is 3.64. The van der Waals surface area contributed by atoms with E-state index in [0.29, 0.717) is 0 Å². The molecular weight excluding hydrogens is 236 g/mol. The van der Waals surface area contributed by atoms with Crippen LogP contribution in [0.5, 0.6) is 0 Å². The molecule has 0 fully saturated rings. The maximum absolute atomic E-state index is 11.2. The molecule has 0 heterocycles. The molecule has 0 amide bonds. The molecule has 0 saturated heterocycles. The van der Waals surface area contributed by atoms with Crippen molar-refractivity contribution in [3.8, 4) is 0 Å². The van der Waals surface area contributed by atoms with Gasteiger partial charge in [0.25, 0.3) is 0 Å². The summed E-state index contributed by atoms with van der Waals surface area (Å²) in [5.74, 6) is 0.162. The lowest BCUT2D eigenvalue weighted by Crippen LogP contribution is -2.21. The van der Waals surface area contributed by atoms with Crippen LogP contribution in [-0.2, 0) is 9.53 Å². The highest BCUT2D eigenvalue weighted by molar-refractivity contribution is 5.80. The number of rotatable bonds is 14. The van der Waals surface area contributed by atoms with Crippen molar-refractivity contribution in [2.45, 2.75) is 97.5 Å². The van der Waals surface area contributed by atoms with Crippen molar-refractivity contribution in [2.24, 2.45) is 0 Å². The second-order valence-corrected chi connectivity index (χ2v) is 5.56. The normalized spacial score (nSPS) is 12.6. The van der Waals surface area contributed by atoms with Crippen LogP contribution < -0.4 is 0 Å². The van der Waals surface area contributed by atoms with E-state index in [4.69, 9.17) is 4.74 Å². The monoisotopic (exact) mass is 270 g/mol. The summed E-state index contributed by atoms with van der Waals surface area (Å²) in [5, 5.41) is 0. The number of carbonyl (C=O) groups excluding carboxylic acids is 1. The van der Waals surface area contributed by atoms with Gasteiger partial charge in [-0.2, -0.15) is 0 Å². The van der Waals surface area contributed by atoms with Gasteiger partial charge in [-0.1, -0.05) is 71.6 Å². The smallest absolute Gasteiger partial charge is 0.158 e. The minimum Gasteiger partial charge on any atom is -0.370 e. The lowest BCUT2D eigenvalue weighted by molar-refractivity contribution is -0.128. The molecule has 2 heteroatoms. The summed E-state index contributed by atoms with van der Waals surface area (Å²) < 4.78 is 5.58. The molecule has 0 aliphatic carbocycles. The van der Waals surface area contributed by atoms with Crippen molar-refractivity contribution in [1.82, 2.24) is 0 Å². The van der Waals surface area contributed by atoms with E-state index in [1.54, 1.807) is 6.92 Å². The third-order valence-electron chi connectivity index (χ3n) is 3.64. The molecule has 19 heavy (non-hydrogen) atoms. The largest absolute Gasteiger partial charge is 0.370 e. The van der Waals surface area contributed by atoms with Crippen molar-refractivity contribution in [3.63, 3.8) is 0 Å². The number of hydrogen-bond donors (Lipinski definition) is 0. The molecule has 0 radical (unpaired) electrons. The summed E-state index contributed by atoms with van der Waals surface area (Å²) in [4.78, 5) is 11.2. The van der Waals surface area contributed by atoms with Gasteiger partial charge in [0.05, 0.1) is 0 Å². The molecule has 0 aliphatic rings. The molecule has 0 saturated carbocycles. The van der Waals surface area contributed by atoms with Gasteiger partial charge in [0.1, 0.15) is 6.10 Å². The Morgan fingerprint density at radius 2 is 1.32 bits per heavy atom. The van der Waals surface area contributed by atoms with Crippen LogP contribution in [0.2, 0.25) is 0 Å². The molecular formula is C17H34O2. The van der Waals surface area contributed by atoms with Gasteiger partial charge in [0.15, 0.2) is 5.78 Å². The van der Waals surface area contributed by atoms with E-state index in [2.05, 4.69) is 6.92 Å². The van der Waals surface area contributed by atoms with E-state index in [1.165, 1.54) is 57.8 Å². The summed E-state index contributed by atoms with van der Waals surface area (Å²) in [5.41, 5.74) is 0. The SMILES string of the molecule is CCCCCCCCCCCCOC(CC)C(C)=O. The fourth-order valence-electron chi connectivity index (χ4n) is 2.34. The van der Waals surface area contributed by atoms with Gasteiger partial charge in [0, 0.05) is 6.61 Å². The maximum atomic E-state index is 11.2. The Bertz CT molecular complexity index is 201. The molecule has 0 rings (SSSR count). The first kappa shape index (κ1) is 18.6. The van der Waals surface area contributed by atoms with Crippen LogP contribution in [0, 0.1) is 0 Å². The fraction of sp³-hybridized carbons (Fsp3) is 0.941. The van der Waals surface area contributed by atoms with E-state index in [-0.39, 0.29) is 11.9 Å². The summed E-state index contributed by atoms with van der Waals surface area (Å²) in [6.45, 7) is 6.63. The Morgan fingerprint density at radius 3 is 1.74 bits per heavy atom. The van der Waals surface area contributed by atoms with Crippen LogP contribution in [0.3, 0.4) is 0 Å². The Morgan fingerprint density at radius 1 is 0.842 bits per heavy atom. The van der Waals surface area contributed by atoms with Crippen molar-refractivity contribution in [1.29, 1.82) is 0 Å². The average Bonchev–Trinajstić information content (AvgIpc) is 2.40. The molecule has 0 N–H and O–H groups in total. The Labute approximate surface area is 120 Å². The molecule has 0 spiro atoms. The second kappa shape index (κ2) is 14.0. The highest BCUT2D eigenvalue weighted by Crippen LogP contribution is 2.11. The minimum atomic E-state index is -0.168. The topological polar surface area (TPSA) is 26.3 Å². The molecule has 0 bridgehead atoms. The van der Waals surface area contributed by atoms with Gasteiger partial charge in [-0.15, -0.1) is 0 Å². The van der Waals surface area contributed by atoms with E-state index in [0.717, 1.165) is 19.4 Å². The van der Waals surface area contributed by atoms with Gasteiger partial charge in [0.2, 0.25) is 0 Å². The van der Waals surface area contributed by atoms with Crippen LogP contribution in [0.25, 0.3) is 0 Å². The number of carbonyl (C=O) groups is 1. The first-order valence-corrected chi connectivity index (χ1v) is 8.34. The van der Waals surface area contributed by atoms with Gasteiger partial charge in [-0.3, -0.25) is 4.79 Å². The van der Waals surface area contributed by atoms with Crippen molar-refractivity contribution in [3.05, 3.63) is 0 Å². The first-order chi connectivity index (χ1) is 9.22. The Hall–Kier alpha value is -0.370. The van der Waals surface area contributed by atoms with Crippen LogP contribution in [0.4, 0.5) is 0 Å². The van der Waals surface area contributed by atoms with Crippen molar-refractivity contribution < 1.29 is 9.53 Å². The van der Waals surface area contributed by atoms with Gasteiger partial charge in [-0.25, -0.2) is 0 Å². The minimum absolute atomic E-state index is 0.162. The molecule has 2 nitrogen and oxygen atoms in total. The standard InChI is InChI=1S/C17H34O2/c1-4-6-7-8-9-10-11-12-13-14-15-19-17(5-2)16(3)18/h17H,4-15H2,1-3H3. The molecule has 1 atom stereocenters. The van der Waals surface area contributed by atoms with Crippen LogP contribution in [-0.4, -0.2) is 18.5 Å². The van der Waals surface area contributed by atoms with Gasteiger partial charge < -0.3 is 4.74 Å². The van der Waals surface area contributed by atoms with Gasteiger partial charge in [-0.05, 0) is 19.8 Å². The summed E-state index contributed by atoms with van der Waals surface area (Å²) in [7, 11) is 0. The van der Waals surface area contributed by atoms with Crippen LogP contribution in [0.15, 0.2) is 0 Å². The summed E-state index contributed by atoms with van der Waals surface area (Å²) in [6.07, 6.45) is 14.0. The van der Waals surface area contributed by atoms with Crippen LogP contribution in [0.1, 0.15) is 91.4 Å². The highest BCUT2D eigenvalue weighted by atomic mass is 16.5. The van der Waals surface area contributed by atoms with Gasteiger partial charge >= 0.3 is 0 Å². The van der Waals surface area contributed by atoms with E-state index >= 15 is 0 Å². The quantitative estimate of drug-likeness (QED) is 0.401.